The van der Waals surface area contributed by atoms with Gasteiger partial charge in [0.25, 0.3) is 0 Å². The number of aliphatic imine (C=N–C) groups is 1. The molecular formula is C9H17N3O2S. The van der Waals surface area contributed by atoms with Gasteiger partial charge in [0.2, 0.25) is 0 Å². The Hall–Kier alpha value is -1.04. The van der Waals surface area contributed by atoms with Crippen molar-refractivity contribution in [3.05, 3.63) is 11.5 Å². The lowest BCUT2D eigenvalue weighted by atomic mass is 10.1. The normalized spacial score (nSPS) is 25.5. The third-order valence-corrected chi connectivity index (χ3v) is 3.10. The first kappa shape index (κ1) is 12.0. The molecule has 86 valence electrons. The van der Waals surface area contributed by atoms with Gasteiger partial charge in [-0.05, 0) is 26.8 Å². The van der Waals surface area contributed by atoms with Crippen molar-refractivity contribution in [2.45, 2.75) is 32.4 Å². The Morgan fingerprint density at radius 3 is 2.53 bits per heavy atom. The van der Waals surface area contributed by atoms with Gasteiger partial charge in [-0.1, -0.05) is 0 Å². The van der Waals surface area contributed by atoms with Crippen LogP contribution in [-0.2, 0) is 9.84 Å². The molecule has 0 fully saturated rings. The largest absolute Gasteiger partial charge is 0.370 e. The molecule has 0 aromatic carbocycles. The second-order valence-electron chi connectivity index (χ2n) is 4.61. The predicted octanol–water partition coefficient (Wildman–Crippen LogP) is -0.0001000. The maximum Gasteiger partial charge on any atom is 0.189 e. The zero-order valence-electron chi connectivity index (χ0n) is 9.19. The van der Waals surface area contributed by atoms with Crippen molar-refractivity contribution < 1.29 is 8.42 Å². The van der Waals surface area contributed by atoms with E-state index < -0.39 is 9.84 Å². The van der Waals surface area contributed by atoms with Crippen LogP contribution < -0.4 is 11.1 Å². The van der Waals surface area contributed by atoms with E-state index >= 15 is 0 Å². The molecule has 1 aliphatic heterocycles. The maximum atomic E-state index is 11.1. The van der Waals surface area contributed by atoms with Crippen molar-refractivity contribution in [1.29, 1.82) is 0 Å². The Kier molecular flexibility index (Phi) is 3.08. The number of guanidine groups is 1. The van der Waals surface area contributed by atoms with Crippen molar-refractivity contribution >= 4 is 15.8 Å². The molecule has 0 aromatic rings. The molecule has 5 nitrogen and oxygen atoms in total. The van der Waals surface area contributed by atoms with E-state index in [0.29, 0.717) is 0 Å². The molecule has 0 aliphatic carbocycles. The molecule has 0 aromatic heterocycles. The Bertz CT molecular complexity index is 390. The van der Waals surface area contributed by atoms with E-state index in [1.165, 1.54) is 5.41 Å². The van der Waals surface area contributed by atoms with E-state index in [4.69, 9.17) is 5.73 Å². The van der Waals surface area contributed by atoms with Crippen LogP contribution in [0.25, 0.3) is 0 Å². The van der Waals surface area contributed by atoms with Crippen LogP contribution in [0.15, 0.2) is 16.5 Å². The molecule has 0 bridgehead atoms. The summed E-state index contributed by atoms with van der Waals surface area (Å²) in [5.41, 5.74) is 5.47. The molecule has 0 saturated heterocycles. The minimum atomic E-state index is -3.06. The highest BCUT2D eigenvalue weighted by atomic mass is 32.2. The van der Waals surface area contributed by atoms with Crippen LogP contribution >= 0.6 is 0 Å². The number of hydrogen-bond donors (Lipinski definition) is 2. The summed E-state index contributed by atoms with van der Waals surface area (Å²) in [6.45, 7) is 5.86. The lowest BCUT2D eigenvalue weighted by molar-refractivity contribution is 0.507. The number of nitrogens with zero attached hydrogens (tertiary/aromatic N) is 1. The highest BCUT2D eigenvalue weighted by molar-refractivity contribution is 7.94. The van der Waals surface area contributed by atoms with Gasteiger partial charge in [0, 0.05) is 10.9 Å². The summed E-state index contributed by atoms with van der Waals surface area (Å²) < 4.78 is 22.2. The van der Waals surface area contributed by atoms with Crippen molar-refractivity contribution in [3.8, 4) is 0 Å². The number of nitrogens with two attached hydrogens (primary N) is 1. The summed E-state index contributed by atoms with van der Waals surface area (Å²) in [5.74, 6) is 0.286. The number of hydrogen-bond acceptors (Lipinski definition) is 3. The second-order valence-corrected chi connectivity index (χ2v) is 6.55. The van der Waals surface area contributed by atoms with Crippen molar-refractivity contribution in [2.24, 2.45) is 10.7 Å². The fraction of sp³-hybridized carbons (Fsp3) is 0.667. The molecule has 1 aliphatic rings. The molecule has 0 radical (unpaired) electrons. The number of sulfone groups is 1. The third-order valence-electron chi connectivity index (χ3n) is 1.72. The Morgan fingerprint density at radius 1 is 1.53 bits per heavy atom. The summed E-state index contributed by atoms with van der Waals surface area (Å²) in [4.78, 5) is 4.07. The summed E-state index contributed by atoms with van der Waals surface area (Å²) >= 11 is 0. The van der Waals surface area contributed by atoms with Crippen LogP contribution in [0.2, 0.25) is 0 Å². The SMILES string of the molecule is CC(C)(C)NC(N)=NC1C=CS(=O)(=O)C1. The van der Waals surface area contributed by atoms with Crippen LogP contribution in [0.3, 0.4) is 0 Å². The molecule has 1 rings (SSSR count). The predicted molar refractivity (Wildman–Crippen MR) is 61.2 cm³/mol. The fourth-order valence-corrected chi connectivity index (χ4v) is 2.43. The molecule has 0 saturated carbocycles. The third kappa shape index (κ3) is 4.33. The Morgan fingerprint density at radius 2 is 2.13 bits per heavy atom. The topological polar surface area (TPSA) is 84.5 Å². The molecule has 6 heteroatoms. The van der Waals surface area contributed by atoms with Gasteiger partial charge in [-0.3, -0.25) is 0 Å². The van der Waals surface area contributed by atoms with Crippen LogP contribution in [0.5, 0.6) is 0 Å². The molecule has 0 amide bonds. The minimum absolute atomic E-state index is 0.0134. The van der Waals surface area contributed by atoms with Crippen LogP contribution in [0, 0.1) is 0 Å². The lowest BCUT2D eigenvalue weighted by Crippen LogP contribution is -2.45. The van der Waals surface area contributed by atoms with Crippen LogP contribution in [0.4, 0.5) is 0 Å². The first-order valence-electron chi connectivity index (χ1n) is 4.70. The van der Waals surface area contributed by atoms with Gasteiger partial charge in [-0.25, -0.2) is 13.4 Å². The van der Waals surface area contributed by atoms with Crippen LogP contribution in [-0.4, -0.2) is 31.7 Å². The zero-order valence-corrected chi connectivity index (χ0v) is 10.0. The maximum absolute atomic E-state index is 11.1. The smallest absolute Gasteiger partial charge is 0.189 e. The average molecular weight is 231 g/mol. The van der Waals surface area contributed by atoms with Gasteiger partial charge in [0.1, 0.15) is 0 Å². The van der Waals surface area contributed by atoms with Crippen LogP contribution in [0.1, 0.15) is 20.8 Å². The average Bonchev–Trinajstić information content (AvgIpc) is 2.25. The first-order valence-corrected chi connectivity index (χ1v) is 6.42. The number of nitrogens with one attached hydrogen (secondary N) is 1. The van der Waals surface area contributed by atoms with E-state index in [1.54, 1.807) is 6.08 Å². The second kappa shape index (κ2) is 3.84. The van der Waals surface area contributed by atoms with Gasteiger partial charge >= 0.3 is 0 Å². The summed E-state index contributed by atoms with van der Waals surface area (Å²) in [6.07, 6.45) is 1.55. The molecule has 0 spiro atoms. The lowest BCUT2D eigenvalue weighted by Gasteiger charge is -2.21. The van der Waals surface area contributed by atoms with Crippen molar-refractivity contribution in [2.75, 3.05) is 5.75 Å². The van der Waals surface area contributed by atoms with Gasteiger partial charge in [-0.2, -0.15) is 0 Å². The molecule has 1 atom stereocenters. The van der Waals surface area contributed by atoms with Gasteiger partial charge in [-0.15, -0.1) is 0 Å². The van der Waals surface area contributed by atoms with E-state index in [2.05, 4.69) is 10.3 Å². The highest BCUT2D eigenvalue weighted by Gasteiger charge is 2.21. The Balaban J connectivity index is 2.63. The van der Waals surface area contributed by atoms with Crippen molar-refractivity contribution in [3.63, 3.8) is 0 Å². The molecule has 15 heavy (non-hydrogen) atoms. The van der Waals surface area contributed by atoms with E-state index in [-0.39, 0.29) is 23.3 Å². The molecule has 1 unspecified atom stereocenters. The van der Waals surface area contributed by atoms with Gasteiger partial charge in [0.15, 0.2) is 15.8 Å². The van der Waals surface area contributed by atoms with Gasteiger partial charge < -0.3 is 11.1 Å². The van der Waals surface area contributed by atoms with E-state index in [9.17, 15) is 8.42 Å². The first-order chi connectivity index (χ1) is 6.68. The molecule has 3 N–H and O–H groups in total. The van der Waals surface area contributed by atoms with E-state index in [1.807, 2.05) is 20.8 Å². The van der Waals surface area contributed by atoms with Gasteiger partial charge in [0.05, 0.1) is 11.8 Å². The highest BCUT2D eigenvalue weighted by Crippen LogP contribution is 2.11. The molecular weight excluding hydrogens is 214 g/mol. The standard InChI is InChI=1S/C9H17N3O2S/c1-9(2,3)12-8(10)11-7-4-5-15(13,14)6-7/h4-5,7H,6H2,1-3H3,(H3,10,11,12). The zero-order chi connectivity index (χ0) is 11.7. The summed E-state index contributed by atoms with van der Waals surface area (Å²) in [7, 11) is -3.06. The monoisotopic (exact) mass is 231 g/mol. The fourth-order valence-electron chi connectivity index (χ4n) is 1.23. The minimum Gasteiger partial charge on any atom is -0.370 e. The summed E-state index contributed by atoms with van der Waals surface area (Å²) in [6, 6.07) is -0.357. The quantitative estimate of drug-likeness (QED) is 0.491. The van der Waals surface area contributed by atoms with Crippen molar-refractivity contribution in [1.82, 2.24) is 5.32 Å². The molecule has 1 heterocycles. The summed E-state index contributed by atoms with van der Waals surface area (Å²) in [5, 5.41) is 4.16. The van der Waals surface area contributed by atoms with E-state index in [0.717, 1.165) is 0 Å². The Labute approximate surface area is 90.4 Å². The number of rotatable bonds is 1.